The fraction of sp³-hybridized carbons (Fsp3) is 1.00. The summed E-state index contributed by atoms with van der Waals surface area (Å²) in [6, 6.07) is 0. The standard InChI is InChI=1S/C4H10O.CH4O/c1-3-4(2)5;1-2/h4-5H,3H2,1-2H3;2H,1H3. The average molecular weight is 106 g/mol. The summed E-state index contributed by atoms with van der Waals surface area (Å²) in [5.74, 6) is 0. The minimum Gasteiger partial charge on any atom is -0.400 e. The predicted molar refractivity (Wildman–Crippen MR) is 30.1 cm³/mol. The molecule has 2 nitrogen and oxygen atoms in total. The number of hydrogen-bond acceptors (Lipinski definition) is 2. The summed E-state index contributed by atoms with van der Waals surface area (Å²) in [7, 11) is 1.00. The molecule has 0 rings (SSSR count). The van der Waals surface area contributed by atoms with Crippen molar-refractivity contribution in [3.8, 4) is 0 Å². The second-order valence-corrected chi connectivity index (χ2v) is 1.26. The van der Waals surface area contributed by atoms with E-state index in [1.807, 2.05) is 6.92 Å². The summed E-state index contributed by atoms with van der Waals surface area (Å²) in [6.07, 6.45) is 0.745. The van der Waals surface area contributed by atoms with Crippen LogP contribution in [0.1, 0.15) is 20.3 Å². The van der Waals surface area contributed by atoms with Gasteiger partial charge in [-0.15, -0.1) is 0 Å². The minimum atomic E-state index is -0.116. The van der Waals surface area contributed by atoms with Crippen molar-refractivity contribution in [3.05, 3.63) is 0 Å². The molecule has 1 atom stereocenters. The summed E-state index contributed by atoms with van der Waals surface area (Å²) in [4.78, 5) is 0. The molecule has 0 fully saturated rings. The third-order valence-corrected chi connectivity index (χ3v) is 0.591. The second kappa shape index (κ2) is 9.33. The van der Waals surface area contributed by atoms with Crippen LogP contribution in [0.4, 0.5) is 0 Å². The van der Waals surface area contributed by atoms with E-state index in [1.165, 1.54) is 0 Å². The van der Waals surface area contributed by atoms with Crippen molar-refractivity contribution in [2.24, 2.45) is 0 Å². The van der Waals surface area contributed by atoms with Crippen LogP contribution < -0.4 is 0 Å². The third kappa shape index (κ3) is 24.7. The van der Waals surface area contributed by atoms with Crippen molar-refractivity contribution in [1.82, 2.24) is 0 Å². The SMILES string of the molecule is CCC(C)O.CO. The van der Waals surface area contributed by atoms with E-state index < -0.39 is 0 Å². The molecular weight excluding hydrogens is 92.1 g/mol. The first-order valence-corrected chi connectivity index (χ1v) is 2.40. The molecule has 0 aliphatic heterocycles. The van der Waals surface area contributed by atoms with Gasteiger partial charge in [0.15, 0.2) is 0 Å². The van der Waals surface area contributed by atoms with Crippen molar-refractivity contribution in [2.75, 3.05) is 7.11 Å². The van der Waals surface area contributed by atoms with E-state index in [0.717, 1.165) is 13.5 Å². The van der Waals surface area contributed by atoms with Crippen LogP contribution in [0.2, 0.25) is 0 Å². The maximum Gasteiger partial charge on any atom is 0.0509 e. The molecule has 2 heteroatoms. The molecule has 0 radical (unpaired) electrons. The van der Waals surface area contributed by atoms with Crippen LogP contribution >= 0.6 is 0 Å². The van der Waals surface area contributed by atoms with Crippen LogP contribution in [0.5, 0.6) is 0 Å². The molecular formula is C5H14O2. The largest absolute Gasteiger partial charge is 0.400 e. The highest BCUT2D eigenvalue weighted by Crippen LogP contribution is 1.81. The second-order valence-electron chi connectivity index (χ2n) is 1.26. The van der Waals surface area contributed by atoms with Gasteiger partial charge in [-0.05, 0) is 13.3 Å². The quantitative estimate of drug-likeness (QED) is 0.507. The van der Waals surface area contributed by atoms with Crippen LogP contribution in [0, 0.1) is 0 Å². The van der Waals surface area contributed by atoms with Gasteiger partial charge in [0.1, 0.15) is 0 Å². The Morgan fingerprint density at radius 2 is 1.57 bits per heavy atom. The first-order valence-electron chi connectivity index (χ1n) is 2.40. The zero-order valence-electron chi connectivity index (χ0n) is 5.18. The van der Waals surface area contributed by atoms with Crippen molar-refractivity contribution in [1.29, 1.82) is 0 Å². The predicted octanol–water partition coefficient (Wildman–Crippen LogP) is 0.386. The smallest absolute Gasteiger partial charge is 0.0509 e. The summed E-state index contributed by atoms with van der Waals surface area (Å²) in [5, 5.41) is 15.4. The lowest BCUT2D eigenvalue weighted by Gasteiger charge is -1.90. The van der Waals surface area contributed by atoms with Crippen LogP contribution in [0.25, 0.3) is 0 Å². The lowest BCUT2D eigenvalue weighted by Crippen LogP contribution is -1.93. The maximum atomic E-state index is 8.36. The van der Waals surface area contributed by atoms with Crippen LogP contribution in [0.15, 0.2) is 0 Å². The first kappa shape index (κ1) is 10.0. The van der Waals surface area contributed by atoms with Crippen LogP contribution in [-0.2, 0) is 0 Å². The zero-order valence-corrected chi connectivity index (χ0v) is 5.18. The number of aliphatic hydroxyl groups excluding tert-OH is 2. The van der Waals surface area contributed by atoms with Crippen molar-refractivity contribution >= 4 is 0 Å². The van der Waals surface area contributed by atoms with Gasteiger partial charge in [0.05, 0.1) is 6.10 Å². The van der Waals surface area contributed by atoms with E-state index in [0.29, 0.717) is 0 Å². The molecule has 0 saturated carbocycles. The molecule has 1 unspecified atom stereocenters. The Hall–Kier alpha value is -0.0800. The Morgan fingerprint density at radius 3 is 1.57 bits per heavy atom. The Morgan fingerprint density at radius 1 is 1.43 bits per heavy atom. The van der Waals surface area contributed by atoms with Gasteiger partial charge < -0.3 is 10.2 Å². The molecule has 7 heavy (non-hydrogen) atoms. The van der Waals surface area contributed by atoms with Crippen LogP contribution in [0.3, 0.4) is 0 Å². The summed E-state index contributed by atoms with van der Waals surface area (Å²) in [6.45, 7) is 3.73. The van der Waals surface area contributed by atoms with Gasteiger partial charge in [0.2, 0.25) is 0 Å². The maximum absolute atomic E-state index is 8.36. The van der Waals surface area contributed by atoms with E-state index in [-0.39, 0.29) is 6.10 Å². The number of hydrogen-bond donors (Lipinski definition) is 2. The normalized spacial score (nSPS) is 11.6. The van der Waals surface area contributed by atoms with Gasteiger partial charge in [-0.3, -0.25) is 0 Å². The Balaban J connectivity index is 0. The van der Waals surface area contributed by atoms with E-state index >= 15 is 0 Å². The van der Waals surface area contributed by atoms with Crippen molar-refractivity contribution in [3.63, 3.8) is 0 Å². The Labute approximate surface area is 44.8 Å². The van der Waals surface area contributed by atoms with E-state index in [4.69, 9.17) is 10.2 Å². The summed E-state index contributed by atoms with van der Waals surface area (Å²) >= 11 is 0. The van der Waals surface area contributed by atoms with Gasteiger partial charge >= 0.3 is 0 Å². The molecule has 0 aromatic carbocycles. The van der Waals surface area contributed by atoms with E-state index in [2.05, 4.69) is 0 Å². The van der Waals surface area contributed by atoms with E-state index in [9.17, 15) is 0 Å². The van der Waals surface area contributed by atoms with Crippen molar-refractivity contribution < 1.29 is 10.2 Å². The molecule has 0 aromatic rings. The molecule has 0 aliphatic carbocycles. The first-order chi connectivity index (χ1) is 3.27. The lowest BCUT2D eigenvalue weighted by molar-refractivity contribution is 0.191. The molecule has 0 heterocycles. The van der Waals surface area contributed by atoms with Gasteiger partial charge in [-0.1, -0.05) is 6.92 Å². The van der Waals surface area contributed by atoms with Crippen LogP contribution in [-0.4, -0.2) is 23.4 Å². The average Bonchev–Trinajstić information content (AvgIpc) is 1.73. The molecule has 0 saturated heterocycles. The Bertz CT molecular complexity index is 20.0. The highest BCUT2D eigenvalue weighted by molar-refractivity contribution is 4.34. The molecule has 2 N–H and O–H groups in total. The third-order valence-electron chi connectivity index (χ3n) is 0.591. The number of aliphatic hydroxyl groups is 2. The number of rotatable bonds is 1. The minimum absolute atomic E-state index is 0.116. The lowest BCUT2D eigenvalue weighted by atomic mass is 10.3. The van der Waals surface area contributed by atoms with Gasteiger partial charge in [0, 0.05) is 7.11 Å². The highest BCUT2D eigenvalue weighted by atomic mass is 16.3. The molecule has 0 amide bonds. The zero-order chi connectivity index (χ0) is 6.28. The highest BCUT2D eigenvalue weighted by Gasteiger charge is 1.81. The van der Waals surface area contributed by atoms with Gasteiger partial charge in [-0.25, -0.2) is 0 Å². The van der Waals surface area contributed by atoms with Gasteiger partial charge in [0.25, 0.3) is 0 Å². The molecule has 0 bridgehead atoms. The molecule has 0 aromatic heterocycles. The van der Waals surface area contributed by atoms with E-state index in [1.54, 1.807) is 6.92 Å². The molecule has 46 valence electrons. The fourth-order valence-corrected chi connectivity index (χ4v) is 0. The Kier molecular flexibility index (Phi) is 13.3. The fourth-order valence-electron chi connectivity index (χ4n) is 0. The molecule has 0 spiro atoms. The van der Waals surface area contributed by atoms with Crippen molar-refractivity contribution in [2.45, 2.75) is 26.4 Å². The topological polar surface area (TPSA) is 40.5 Å². The molecule has 0 aliphatic rings. The summed E-state index contributed by atoms with van der Waals surface area (Å²) in [5.41, 5.74) is 0. The monoisotopic (exact) mass is 106 g/mol. The van der Waals surface area contributed by atoms with Gasteiger partial charge in [-0.2, -0.15) is 0 Å². The summed E-state index contributed by atoms with van der Waals surface area (Å²) < 4.78 is 0.